The van der Waals surface area contributed by atoms with Crippen molar-refractivity contribution in [3.8, 4) is 16.8 Å². The van der Waals surface area contributed by atoms with E-state index in [0.29, 0.717) is 6.54 Å². The quantitative estimate of drug-likeness (QED) is 0.0897. The number of aryl methyl sites for hydroxylation is 2. The van der Waals surface area contributed by atoms with Crippen LogP contribution in [0.2, 0.25) is 0 Å². The van der Waals surface area contributed by atoms with Crippen LogP contribution in [0.4, 0.5) is 5.69 Å². The summed E-state index contributed by atoms with van der Waals surface area (Å²) in [5.74, 6) is 1.82. The van der Waals surface area contributed by atoms with Crippen molar-refractivity contribution in [2.45, 2.75) is 63.8 Å². The maximum absolute atomic E-state index is 8.34. The van der Waals surface area contributed by atoms with E-state index < -0.39 is 0 Å². The Morgan fingerprint density at radius 2 is 1.71 bits per heavy atom. The Kier molecular flexibility index (Phi) is 7.57. The standard InChI is InChI=1S/C31H36N10/c1-22-37-38-30-31(15-16-31)36-29(27-19-24(11-14-28(27)41(22)30)25-20-35-40(2)21-25)23-9-12-26(13-10-23)33-17-7-5-3-4-6-8-18-34-39-32/h9-14,19-21,33H,3-8,15-18H2,1-2H3. The number of hydrogen-bond acceptors (Lipinski definition) is 6. The van der Waals surface area contributed by atoms with Gasteiger partial charge in [0, 0.05) is 53.6 Å². The van der Waals surface area contributed by atoms with Crippen molar-refractivity contribution in [1.29, 1.82) is 0 Å². The Labute approximate surface area is 240 Å². The zero-order valence-electron chi connectivity index (χ0n) is 23.8. The van der Waals surface area contributed by atoms with Crippen LogP contribution in [0.1, 0.15) is 74.1 Å². The molecule has 0 atom stereocenters. The minimum Gasteiger partial charge on any atom is -0.385 e. The number of aromatic nitrogens is 5. The number of nitrogens with zero attached hydrogens (tertiary/aromatic N) is 9. The fourth-order valence-electron chi connectivity index (χ4n) is 5.66. The third kappa shape index (κ3) is 5.60. The Morgan fingerprint density at radius 1 is 0.951 bits per heavy atom. The van der Waals surface area contributed by atoms with Gasteiger partial charge in [-0.1, -0.05) is 49.0 Å². The number of fused-ring (bicyclic) bond motifs is 4. The van der Waals surface area contributed by atoms with Crippen molar-refractivity contribution >= 4 is 11.4 Å². The van der Waals surface area contributed by atoms with Crippen molar-refractivity contribution in [2.75, 3.05) is 18.4 Å². The minimum atomic E-state index is -0.316. The highest BCUT2D eigenvalue weighted by Crippen LogP contribution is 2.51. The SMILES string of the molecule is Cc1nnc2n1-c1ccc(-c3cnn(C)c3)cc1C(c1ccc(NCCCCCCCCN=[N+]=[N-])cc1)=NC21CC1. The third-order valence-corrected chi connectivity index (χ3v) is 8.06. The van der Waals surface area contributed by atoms with Gasteiger partial charge in [-0.05, 0) is 68.0 Å². The topological polar surface area (TPSA) is 122 Å². The molecule has 6 rings (SSSR count). The lowest BCUT2D eigenvalue weighted by Gasteiger charge is -2.14. The molecular weight excluding hydrogens is 512 g/mol. The number of azide groups is 1. The molecule has 0 radical (unpaired) electrons. The molecule has 0 unspecified atom stereocenters. The van der Waals surface area contributed by atoms with E-state index >= 15 is 0 Å². The molecule has 4 aromatic rings. The van der Waals surface area contributed by atoms with Crippen molar-refractivity contribution in [3.05, 3.63) is 88.1 Å². The Balaban J connectivity index is 1.20. The summed E-state index contributed by atoms with van der Waals surface area (Å²) in [6.45, 7) is 3.58. The summed E-state index contributed by atoms with van der Waals surface area (Å²) < 4.78 is 4.03. The van der Waals surface area contributed by atoms with Gasteiger partial charge in [0.05, 0.1) is 17.6 Å². The van der Waals surface area contributed by atoms with Crippen LogP contribution in [0, 0.1) is 6.92 Å². The smallest absolute Gasteiger partial charge is 0.165 e. The van der Waals surface area contributed by atoms with Crippen LogP contribution in [-0.2, 0) is 12.6 Å². The zero-order chi connectivity index (χ0) is 28.2. The summed E-state index contributed by atoms with van der Waals surface area (Å²) in [6.07, 6.45) is 12.8. The molecule has 0 bridgehead atoms. The van der Waals surface area contributed by atoms with E-state index in [2.05, 4.69) is 77.7 Å². The van der Waals surface area contributed by atoms with Gasteiger partial charge >= 0.3 is 0 Å². The first-order chi connectivity index (χ1) is 20.1. The predicted octanol–water partition coefficient (Wildman–Crippen LogP) is 6.88. The monoisotopic (exact) mass is 548 g/mol. The number of aliphatic imine (C=N–C) groups is 1. The van der Waals surface area contributed by atoms with Crippen LogP contribution in [-0.4, -0.2) is 43.3 Å². The molecule has 2 aromatic carbocycles. The van der Waals surface area contributed by atoms with E-state index in [1.807, 2.05) is 31.0 Å². The van der Waals surface area contributed by atoms with Crippen LogP contribution in [0.3, 0.4) is 0 Å². The van der Waals surface area contributed by atoms with E-state index in [0.717, 1.165) is 89.6 Å². The first-order valence-electron chi connectivity index (χ1n) is 14.6. The fourth-order valence-corrected chi connectivity index (χ4v) is 5.66. The van der Waals surface area contributed by atoms with Gasteiger partial charge < -0.3 is 5.32 Å². The highest BCUT2D eigenvalue weighted by Gasteiger charge is 2.51. The van der Waals surface area contributed by atoms with Crippen LogP contribution in [0.15, 0.2) is 65.0 Å². The van der Waals surface area contributed by atoms with Crippen LogP contribution < -0.4 is 5.32 Å². The molecule has 2 aliphatic rings. The van der Waals surface area contributed by atoms with Crippen molar-refractivity contribution < 1.29 is 0 Å². The largest absolute Gasteiger partial charge is 0.385 e. The number of unbranched alkanes of at least 4 members (excludes halogenated alkanes) is 5. The lowest BCUT2D eigenvalue weighted by Crippen LogP contribution is -2.11. The summed E-state index contributed by atoms with van der Waals surface area (Å²) in [5, 5.41) is 20.6. The maximum atomic E-state index is 8.34. The van der Waals surface area contributed by atoms with E-state index in [-0.39, 0.29) is 5.54 Å². The fraction of sp³-hybridized carbons (Fsp3) is 0.419. The van der Waals surface area contributed by atoms with E-state index in [1.54, 1.807) is 0 Å². The Morgan fingerprint density at radius 3 is 2.44 bits per heavy atom. The first-order valence-corrected chi connectivity index (χ1v) is 14.6. The minimum absolute atomic E-state index is 0.316. The second-order valence-corrected chi connectivity index (χ2v) is 11.1. The first kappa shape index (κ1) is 26.8. The average Bonchev–Trinajstić information content (AvgIpc) is 3.50. The second kappa shape index (κ2) is 11.6. The number of nitrogens with one attached hydrogen (secondary N) is 1. The zero-order valence-corrected chi connectivity index (χ0v) is 23.8. The number of hydrogen-bond donors (Lipinski definition) is 1. The number of anilines is 1. The number of rotatable bonds is 12. The van der Waals surface area contributed by atoms with Crippen LogP contribution in [0.25, 0.3) is 27.3 Å². The van der Waals surface area contributed by atoms with E-state index in [4.69, 9.17) is 10.5 Å². The Bertz CT molecular complexity index is 1600. The molecule has 1 spiro atoms. The highest BCUT2D eigenvalue weighted by molar-refractivity contribution is 6.16. The second-order valence-electron chi connectivity index (χ2n) is 11.1. The predicted molar refractivity (Wildman–Crippen MR) is 161 cm³/mol. The molecule has 10 nitrogen and oxygen atoms in total. The summed E-state index contributed by atoms with van der Waals surface area (Å²) in [7, 11) is 1.94. The normalized spacial score (nSPS) is 14.5. The van der Waals surface area contributed by atoms with Gasteiger partial charge in [0.25, 0.3) is 0 Å². The summed E-state index contributed by atoms with van der Waals surface area (Å²) in [4.78, 5) is 8.22. The van der Waals surface area contributed by atoms with Crippen molar-refractivity contribution in [1.82, 2.24) is 24.5 Å². The van der Waals surface area contributed by atoms with Crippen molar-refractivity contribution in [3.63, 3.8) is 0 Å². The van der Waals surface area contributed by atoms with Gasteiger partial charge in [0.15, 0.2) is 5.82 Å². The molecular formula is C31H36N10. The molecule has 41 heavy (non-hydrogen) atoms. The molecule has 1 aliphatic heterocycles. The van der Waals surface area contributed by atoms with Gasteiger partial charge in [-0.15, -0.1) is 10.2 Å². The molecule has 3 heterocycles. The van der Waals surface area contributed by atoms with Crippen LogP contribution >= 0.6 is 0 Å². The number of benzene rings is 2. The average molecular weight is 549 g/mol. The molecule has 10 heteroatoms. The molecule has 1 saturated carbocycles. The van der Waals surface area contributed by atoms with Crippen molar-refractivity contribution in [2.24, 2.45) is 17.2 Å². The lowest BCUT2D eigenvalue weighted by molar-refractivity contribution is 0.605. The molecule has 1 aliphatic carbocycles. The van der Waals surface area contributed by atoms with E-state index in [1.165, 1.54) is 19.3 Å². The summed E-state index contributed by atoms with van der Waals surface area (Å²) in [5.41, 5.74) is 15.6. The van der Waals surface area contributed by atoms with E-state index in [9.17, 15) is 0 Å². The van der Waals surface area contributed by atoms with Gasteiger partial charge in [-0.2, -0.15) is 5.10 Å². The van der Waals surface area contributed by atoms with Crippen LogP contribution in [0.5, 0.6) is 0 Å². The Hall–Kier alpha value is -4.43. The highest BCUT2D eigenvalue weighted by atomic mass is 15.3. The molecule has 2 aromatic heterocycles. The molecule has 0 amide bonds. The van der Waals surface area contributed by atoms with Gasteiger partial charge in [-0.3, -0.25) is 14.2 Å². The molecule has 1 fully saturated rings. The molecule has 1 N–H and O–H groups in total. The van der Waals surface area contributed by atoms with Gasteiger partial charge in [0.1, 0.15) is 11.4 Å². The van der Waals surface area contributed by atoms with Gasteiger partial charge in [-0.25, -0.2) is 0 Å². The third-order valence-electron chi connectivity index (χ3n) is 8.06. The summed E-state index contributed by atoms with van der Waals surface area (Å²) in [6, 6.07) is 15.2. The molecule has 0 saturated heterocycles. The van der Waals surface area contributed by atoms with Gasteiger partial charge in [0.2, 0.25) is 0 Å². The molecule has 210 valence electrons. The lowest BCUT2D eigenvalue weighted by atomic mass is 9.96. The summed E-state index contributed by atoms with van der Waals surface area (Å²) >= 11 is 0. The maximum Gasteiger partial charge on any atom is 0.165 e.